The summed E-state index contributed by atoms with van der Waals surface area (Å²) >= 11 is 0. The summed E-state index contributed by atoms with van der Waals surface area (Å²) in [5.41, 5.74) is 8.30. The number of sulfonamides is 1. The Morgan fingerprint density at radius 1 is 1.12 bits per heavy atom. The largest absolute Gasteiger partial charge is 0.444 e. The van der Waals surface area contributed by atoms with Gasteiger partial charge in [0.05, 0.1) is 4.90 Å². The number of aryl methyl sites for hydroxylation is 2. The molecule has 0 spiro atoms. The molecule has 0 unspecified atom stereocenters. The van der Waals surface area contributed by atoms with Crippen molar-refractivity contribution in [3.63, 3.8) is 0 Å². The van der Waals surface area contributed by atoms with Gasteiger partial charge in [-0.05, 0) is 76.6 Å². The van der Waals surface area contributed by atoms with Crippen LogP contribution in [0.5, 0.6) is 0 Å². The second kappa shape index (κ2) is 10.0. The van der Waals surface area contributed by atoms with Gasteiger partial charge in [-0.25, -0.2) is 28.3 Å². The van der Waals surface area contributed by atoms with Crippen LogP contribution in [0.2, 0.25) is 0 Å². The lowest BCUT2D eigenvalue weighted by Gasteiger charge is -2.33. The number of carbonyl (C=O) groups is 1. The summed E-state index contributed by atoms with van der Waals surface area (Å²) in [6.45, 7) is 6.83. The van der Waals surface area contributed by atoms with Crippen molar-refractivity contribution in [2.45, 2.75) is 69.3 Å². The first-order chi connectivity index (χ1) is 15.4. The molecule has 1 fully saturated rings. The van der Waals surface area contributed by atoms with Crippen molar-refractivity contribution in [2.75, 3.05) is 18.8 Å². The fourth-order valence-electron chi connectivity index (χ4n) is 3.88. The summed E-state index contributed by atoms with van der Waals surface area (Å²) in [5, 5.41) is 5.14. The van der Waals surface area contributed by atoms with E-state index in [1.165, 1.54) is 12.1 Å². The van der Waals surface area contributed by atoms with Gasteiger partial charge < -0.3 is 15.4 Å². The molecular formula is C23H33N5O4S. The second-order valence-electron chi connectivity index (χ2n) is 9.43. The van der Waals surface area contributed by atoms with Crippen molar-refractivity contribution in [1.82, 2.24) is 14.9 Å². The van der Waals surface area contributed by atoms with Crippen LogP contribution in [0.25, 0.3) is 0 Å². The number of benzene rings is 1. The van der Waals surface area contributed by atoms with Gasteiger partial charge in [0.15, 0.2) is 0 Å². The molecule has 1 aliphatic heterocycles. The third kappa shape index (κ3) is 7.40. The van der Waals surface area contributed by atoms with E-state index in [1.807, 2.05) is 26.8 Å². The van der Waals surface area contributed by atoms with Gasteiger partial charge in [-0.1, -0.05) is 12.1 Å². The van der Waals surface area contributed by atoms with Crippen molar-refractivity contribution in [3.05, 3.63) is 47.3 Å². The number of anilines is 1. The Bertz CT molecular complexity index is 1070. The smallest absolute Gasteiger partial charge is 0.410 e. The number of amides is 1. The van der Waals surface area contributed by atoms with Gasteiger partial charge in [0.2, 0.25) is 16.0 Å². The Hall–Kier alpha value is -2.72. The molecule has 2 heterocycles. The highest BCUT2D eigenvalue weighted by molar-refractivity contribution is 7.89. The lowest BCUT2D eigenvalue weighted by molar-refractivity contribution is 0.0204. The molecule has 2 aromatic rings. The highest BCUT2D eigenvalue weighted by atomic mass is 32.2. The minimum atomic E-state index is -3.68. The van der Waals surface area contributed by atoms with Gasteiger partial charge >= 0.3 is 6.09 Å². The first kappa shape index (κ1) is 24.9. The predicted octanol–water partition coefficient (Wildman–Crippen LogP) is 3.00. The van der Waals surface area contributed by atoms with E-state index in [0.717, 1.165) is 49.1 Å². The highest BCUT2D eigenvalue weighted by Crippen LogP contribution is 2.28. The molecule has 180 valence electrons. The van der Waals surface area contributed by atoms with Crippen LogP contribution < -0.4 is 10.9 Å². The van der Waals surface area contributed by atoms with E-state index in [0.29, 0.717) is 13.1 Å². The third-order valence-corrected chi connectivity index (χ3v) is 6.46. The zero-order valence-corrected chi connectivity index (χ0v) is 20.3. The molecule has 1 aromatic heterocycles. The molecule has 1 amide bonds. The normalized spacial score (nSPS) is 15.5. The standard InChI is InChI=1S/C23H33N5O4S/c1-23(2,3)32-22(29)28-13-11-17(12-14-28)20-15-18(26-21(24)27-20)6-4-5-16-7-9-19(10-8-16)33(25,30)31/h7-10,15,17H,4-6,11-14H2,1-3H3,(H2,24,26,27)(H2,25,30,31). The molecule has 33 heavy (non-hydrogen) atoms. The fraction of sp³-hybridized carbons (Fsp3) is 0.522. The lowest BCUT2D eigenvalue weighted by atomic mass is 9.92. The monoisotopic (exact) mass is 475 g/mol. The number of hydrogen-bond acceptors (Lipinski definition) is 7. The van der Waals surface area contributed by atoms with Crippen molar-refractivity contribution in [3.8, 4) is 0 Å². The maximum Gasteiger partial charge on any atom is 0.410 e. The van der Waals surface area contributed by atoms with Crippen LogP contribution >= 0.6 is 0 Å². The molecule has 0 bridgehead atoms. The van der Waals surface area contributed by atoms with E-state index in [1.54, 1.807) is 17.0 Å². The average molecular weight is 476 g/mol. The maximum atomic E-state index is 12.3. The number of primary sulfonamides is 1. The van der Waals surface area contributed by atoms with Crippen molar-refractivity contribution in [1.29, 1.82) is 0 Å². The molecule has 1 saturated heterocycles. The molecule has 0 aliphatic carbocycles. The topological polar surface area (TPSA) is 142 Å². The number of hydrogen-bond donors (Lipinski definition) is 2. The molecule has 0 atom stereocenters. The van der Waals surface area contributed by atoms with E-state index < -0.39 is 15.6 Å². The third-order valence-electron chi connectivity index (χ3n) is 5.53. The van der Waals surface area contributed by atoms with E-state index in [-0.39, 0.29) is 22.9 Å². The minimum absolute atomic E-state index is 0.109. The summed E-state index contributed by atoms with van der Waals surface area (Å²) in [6, 6.07) is 8.61. The summed E-state index contributed by atoms with van der Waals surface area (Å²) in [5.74, 6) is 0.480. The number of piperidine rings is 1. The quantitative estimate of drug-likeness (QED) is 0.654. The maximum absolute atomic E-state index is 12.3. The molecule has 4 N–H and O–H groups in total. The first-order valence-electron chi connectivity index (χ1n) is 11.1. The number of nitrogen functional groups attached to an aromatic ring is 1. The lowest BCUT2D eigenvalue weighted by Crippen LogP contribution is -2.41. The van der Waals surface area contributed by atoms with Crippen LogP contribution in [-0.2, 0) is 27.6 Å². The van der Waals surface area contributed by atoms with E-state index in [4.69, 9.17) is 15.6 Å². The van der Waals surface area contributed by atoms with Gasteiger partial charge in [0.25, 0.3) is 0 Å². The van der Waals surface area contributed by atoms with Crippen LogP contribution in [0.1, 0.15) is 62.9 Å². The van der Waals surface area contributed by atoms with Crippen molar-refractivity contribution < 1.29 is 17.9 Å². The van der Waals surface area contributed by atoms with E-state index in [9.17, 15) is 13.2 Å². The molecule has 9 nitrogen and oxygen atoms in total. The van der Waals surface area contributed by atoms with Crippen molar-refractivity contribution in [2.24, 2.45) is 5.14 Å². The zero-order chi connectivity index (χ0) is 24.2. The zero-order valence-electron chi connectivity index (χ0n) is 19.5. The molecule has 10 heteroatoms. The number of carbonyl (C=O) groups excluding carboxylic acids is 1. The van der Waals surface area contributed by atoms with E-state index in [2.05, 4.69) is 9.97 Å². The molecule has 1 aliphatic rings. The Kier molecular flexibility index (Phi) is 7.58. The van der Waals surface area contributed by atoms with Gasteiger partial charge in [-0.3, -0.25) is 0 Å². The molecule has 0 saturated carbocycles. The first-order valence-corrected chi connectivity index (χ1v) is 12.7. The second-order valence-corrected chi connectivity index (χ2v) is 11.0. The number of rotatable bonds is 6. The molecule has 1 aromatic carbocycles. The summed E-state index contributed by atoms with van der Waals surface area (Å²) in [6.07, 6.45) is 3.66. The average Bonchev–Trinajstić information content (AvgIpc) is 2.72. The predicted molar refractivity (Wildman–Crippen MR) is 126 cm³/mol. The van der Waals surface area contributed by atoms with Crippen molar-refractivity contribution >= 4 is 22.1 Å². The van der Waals surface area contributed by atoms with E-state index >= 15 is 0 Å². The number of aromatic nitrogens is 2. The van der Waals surface area contributed by atoms with Crippen LogP contribution in [0, 0.1) is 0 Å². The highest BCUT2D eigenvalue weighted by Gasteiger charge is 2.28. The Labute approximate surface area is 195 Å². The molecule has 3 rings (SSSR count). The van der Waals surface area contributed by atoms with Crippen LogP contribution in [-0.4, -0.2) is 48.1 Å². The van der Waals surface area contributed by atoms with Gasteiger partial charge in [0, 0.05) is 30.4 Å². The molecular weight excluding hydrogens is 442 g/mol. The summed E-state index contributed by atoms with van der Waals surface area (Å²) < 4.78 is 28.2. The number of nitrogens with two attached hydrogens (primary N) is 2. The summed E-state index contributed by atoms with van der Waals surface area (Å²) in [4.78, 5) is 23.0. The number of nitrogens with zero attached hydrogens (tertiary/aromatic N) is 3. The Balaban J connectivity index is 1.55. The van der Waals surface area contributed by atoms with Crippen LogP contribution in [0.15, 0.2) is 35.2 Å². The molecule has 0 radical (unpaired) electrons. The number of likely N-dealkylation sites (tertiary alicyclic amines) is 1. The van der Waals surface area contributed by atoms with Gasteiger partial charge in [0.1, 0.15) is 5.60 Å². The number of ether oxygens (including phenoxy) is 1. The van der Waals surface area contributed by atoms with Crippen LogP contribution in [0.4, 0.5) is 10.7 Å². The Morgan fingerprint density at radius 2 is 1.76 bits per heavy atom. The summed E-state index contributed by atoms with van der Waals surface area (Å²) in [7, 11) is -3.68. The fourth-order valence-corrected chi connectivity index (χ4v) is 4.40. The van der Waals surface area contributed by atoms with Crippen LogP contribution in [0.3, 0.4) is 0 Å². The Morgan fingerprint density at radius 3 is 2.33 bits per heavy atom. The van der Waals surface area contributed by atoms with Gasteiger partial charge in [-0.15, -0.1) is 0 Å². The SMILES string of the molecule is CC(C)(C)OC(=O)N1CCC(c2cc(CCCc3ccc(S(N)(=O)=O)cc3)nc(N)n2)CC1. The minimum Gasteiger partial charge on any atom is -0.444 e. The van der Waals surface area contributed by atoms with Gasteiger partial charge in [-0.2, -0.15) is 0 Å².